The maximum atomic E-state index is 9.31. The second-order valence-corrected chi connectivity index (χ2v) is 5.20. The summed E-state index contributed by atoms with van der Waals surface area (Å²) in [5.41, 5.74) is 1.79. The normalized spacial score (nSPS) is 10.7. The molecule has 0 atom stereocenters. The molecule has 0 radical (unpaired) electrons. The second kappa shape index (κ2) is 6.60. The van der Waals surface area contributed by atoms with Gasteiger partial charge in [0.2, 0.25) is 0 Å². The Morgan fingerprint density at radius 2 is 2.26 bits per heavy atom. The predicted octanol–water partition coefficient (Wildman–Crippen LogP) is 1.81. The third-order valence-corrected chi connectivity index (χ3v) is 3.84. The van der Waals surface area contributed by atoms with Crippen LogP contribution in [0.1, 0.15) is 16.3 Å². The van der Waals surface area contributed by atoms with Crippen molar-refractivity contribution in [1.29, 1.82) is 0 Å². The molecule has 0 unspecified atom stereocenters. The number of aliphatic hydroxyl groups is 1. The van der Waals surface area contributed by atoms with Crippen molar-refractivity contribution in [1.82, 2.24) is 9.97 Å². The van der Waals surface area contributed by atoms with Gasteiger partial charge in [-0.05, 0) is 12.1 Å². The van der Waals surface area contributed by atoms with Crippen LogP contribution in [0.15, 0.2) is 24.4 Å². The summed E-state index contributed by atoms with van der Waals surface area (Å²) < 4.78 is 5.08. The molecule has 0 bridgehead atoms. The molecule has 2 aromatic rings. The Labute approximate surface area is 116 Å². The quantitative estimate of drug-likeness (QED) is 0.874. The van der Waals surface area contributed by atoms with Gasteiger partial charge in [-0.2, -0.15) is 0 Å². The number of anilines is 1. The van der Waals surface area contributed by atoms with Crippen LogP contribution in [0.5, 0.6) is 0 Å². The van der Waals surface area contributed by atoms with Crippen LogP contribution in [0.4, 0.5) is 5.13 Å². The number of nitrogens with zero attached hydrogens (tertiary/aromatic N) is 3. The lowest BCUT2D eigenvalue weighted by Gasteiger charge is -2.14. The highest BCUT2D eigenvalue weighted by molar-refractivity contribution is 7.15. The van der Waals surface area contributed by atoms with Gasteiger partial charge in [0.15, 0.2) is 5.13 Å². The highest BCUT2D eigenvalue weighted by Crippen LogP contribution is 2.27. The van der Waals surface area contributed by atoms with Gasteiger partial charge in [0, 0.05) is 20.4 Å². The summed E-state index contributed by atoms with van der Waals surface area (Å²) in [4.78, 5) is 11.7. The Morgan fingerprint density at radius 3 is 2.89 bits per heavy atom. The van der Waals surface area contributed by atoms with Gasteiger partial charge in [0.05, 0.1) is 36.0 Å². The van der Waals surface area contributed by atoms with E-state index in [1.165, 1.54) is 11.3 Å². The van der Waals surface area contributed by atoms with Gasteiger partial charge in [-0.15, -0.1) is 0 Å². The van der Waals surface area contributed by atoms with E-state index in [1.54, 1.807) is 13.3 Å². The standard InChI is InChI=1S/C13H17N3O2S/c1-16(7-10-5-3-4-6-14-10)13-15-11(9-18-2)12(8-17)19-13/h3-6,17H,7-9H2,1-2H3. The van der Waals surface area contributed by atoms with Gasteiger partial charge in [-0.3, -0.25) is 4.98 Å². The summed E-state index contributed by atoms with van der Waals surface area (Å²) in [6, 6.07) is 5.84. The van der Waals surface area contributed by atoms with Gasteiger partial charge < -0.3 is 14.7 Å². The van der Waals surface area contributed by atoms with Crippen molar-refractivity contribution in [2.24, 2.45) is 0 Å². The molecule has 0 aliphatic carbocycles. The molecule has 0 amide bonds. The summed E-state index contributed by atoms with van der Waals surface area (Å²) >= 11 is 1.48. The topological polar surface area (TPSA) is 58.5 Å². The van der Waals surface area contributed by atoms with Crippen LogP contribution in [0.2, 0.25) is 0 Å². The molecular formula is C13H17N3O2S. The van der Waals surface area contributed by atoms with E-state index >= 15 is 0 Å². The molecule has 5 nitrogen and oxygen atoms in total. The zero-order valence-electron chi connectivity index (χ0n) is 11.0. The van der Waals surface area contributed by atoms with Crippen molar-refractivity contribution in [3.8, 4) is 0 Å². The van der Waals surface area contributed by atoms with Crippen molar-refractivity contribution in [2.45, 2.75) is 19.8 Å². The lowest BCUT2D eigenvalue weighted by Crippen LogP contribution is -2.16. The molecule has 2 rings (SSSR count). The predicted molar refractivity (Wildman–Crippen MR) is 75.1 cm³/mol. The number of aliphatic hydroxyl groups excluding tert-OH is 1. The van der Waals surface area contributed by atoms with E-state index in [0.29, 0.717) is 13.2 Å². The van der Waals surface area contributed by atoms with Crippen LogP contribution in [-0.4, -0.2) is 29.2 Å². The van der Waals surface area contributed by atoms with Crippen LogP contribution < -0.4 is 4.90 Å². The third-order valence-electron chi connectivity index (χ3n) is 2.64. The summed E-state index contributed by atoms with van der Waals surface area (Å²) in [7, 11) is 3.59. The number of hydrogen-bond donors (Lipinski definition) is 1. The molecule has 0 fully saturated rings. The van der Waals surface area contributed by atoms with Gasteiger partial charge in [0.25, 0.3) is 0 Å². The molecule has 0 aliphatic heterocycles. The van der Waals surface area contributed by atoms with Crippen LogP contribution in [0.3, 0.4) is 0 Å². The van der Waals surface area contributed by atoms with Crippen LogP contribution in [-0.2, 0) is 24.5 Å². The number of aromatic nitrogens is 2. The first kappa shape index (κ1) is 13.9. The maximum absolute atomic E-state index is 9.31. The Balaban J connectivity index is 2.12. The average molecular weight is 279 g/mol. The smallest absolute Gasteiger partial charge is 0.186 e. The number of thiazole rings is 1. The molecular weight excluding hydrogens is 262 g/mol. The minimum atomic E-state index is -0.00616. The molecule has 6 heteroatoms. The van der Waals surface area contributed by atoms with E-state index in [1.807, 2.05) is 30.1 Å². The molecule has 2 aromatic heterocycles. The molecule has 0 aliphatic rings. The first-order chi connectivity index (χ1) is 9.24. The second-order valence-electron chi connectivity index (χ2n) is 4.13. The van der Waals surface area contributed by atoms with Gasteiger partial charge in [0.1, 0.15) is 0 Å². The summed E-state index contributed by atoms with van der Waals surface area (Å²) in [5.74, 6) is 0. The Bertz CT molecular complexity index is 516. The molecule has 0 saturated carbocycles. The van der Waals surface area contributed by atoms with E-state index < -0.39 is 0 Å². The summed E-state index contributed by atoms with van der Waals surface area (Å²) in [5, 5.41) is 10.2. The molecule has 0 saturated heterocycles. The monoisotopic (exact) mass is 279 g/mol. The van der Waals surface area contributed by atoms with Crippen molar-refractivity contribution in [3.63, 3.8) is 0 Å². The number of hydrogen-bond acceptors (Lipinski definition) is 6. The van der Waals surface area contributed by atoms with E-state index in [2.05, 4.69) is 9.97 Å². The summed E-state index contributed by atoms with van der Waals surface area (Å²) in [6.45, 7) is 1.10. The van der Waals surface area contributed by atoms with Crippen molar-refractivity contribution in [3.05, 3.63) is 40.7 Å². The first-order valence-corrected chi connectivity index (χ1v) is 6.75. The van der Waals surface area contributed by atoms with Crippen LogP contribution in [0, 0.1) is 0 Å². The fourth-order valence-electron chi connectivity index (χ4n) is 1.71. The molecule has 1 N–H and O–H groups in total. The van der Waals surface area contributed by atoms with E-state index in [9.17, 15) is 5.11 Å². The Morgan fingerprint density at radius 1 is 1.42 bits per heavy atom. The van der Waals surface area contributed by atoms with E-state index in [4.69, 9.17) is 4.74 Å². The van der Waals surface area contributed by atoms with Crippen molar-refractivity contribution < 1.29 is 9.84 Å². The minimum Gasteiger partial charge on any atom is -0.391 e. The molecule has 0 spiro atoms. The third kappa shape index (κ3) is 3.50. The lowest BCUT2D eigenvalue weighted by atomic mass is 10.3. The summed E-state index contributed by atoms with van der Waals surface area (Å²) in [6.07, 6.45) is 1.78. The SMILES string of the molecule is COCc1nc(N(C)Cc2ccccn2)sc1CO. The molecule has 19 heavy (non-hydrogen) atoms. The zero-order chi connectivity index (χ0) is 13.7. The van der Waals surface area contributed by atoms with Gasteiger partial charge >= 0.3 is 0 Å². The fourth-order valence-corrected chi connectivity index (χ4v) is 2.59. The van der Waals surface area contributed by atoms with Crippen LogP contribution >= 0.6 is 11.3 Å². The maximum Gasteiger partial charge on any atom is 0.186 e. The van der Waals surface area contributed by atoms with Gasteiger partial charge in [-0.25, -0.2) is 4.98 Å². The highest BCUT2D eigenvalue weighted by Gasteiger charge is 2.13. The Kier molecular flexibility index (Phi) is 4.84. The lowest BCUT2D eigenvalue weighted by molar-refractivity contribution is 0.179. The highest BCUT2D eigenvalue weighted by atomic mass is 32.1. The number of pyridine rings is 1. The van der Waals surface area contributed by atoms with E-state index in [0.717, 1.165) is 21.4 Å². The first-order valence-electron chi connectivity index (χ1n) is 5.94. The van der Waals surface area contributed by atoms with E-state index in [-0.39, 0.29) is 6.61 Å². The molecule has 0 aromatic carbocycles. The fraction of sp³-hybridized carbons (Fsp3) is 0.385. The molecule has 2 heterocycles. The van der Waals surface area contributed by atoms with Crippen molar-refractivity contribution in [2.75, 3.05) is 19.1 Å². The zero-order valence-corrected chi connectivity index (χ0v) is 11.9. The number of ether oxygens (including phenoxy) is 1. The minimum absolute atomic E-state index is 0.00616. The Hall–Kier alpha value is -1.50. The molecule has 102 valence electrons. The van der Waals surface area contributed by atoms with Crippen LogP contribution in [0.25, 0.3) is 0 Å². The number of methoxy groups -OCH3 is 1. The number of rotatable bonds is 6. The van der Waals surface area contributed by atoms with Crippen molar-refractivity contribution >= 4 is 16.5 Å². The largest absolute Gasteiger partial charge is 0.391 e. The average Bonchev–Trinajstić information content (AvgIpc) is 2.83. The van der Waals surface area contributed by atoms with Gasteiger partial charge in [-0.1, -0.05) is 17.4 Å².